The number of non-ortho nitro benzene ring substituents is 1. The highest BCUT2D eigenvalue weighted by atomic mass is 35.5. The van der Waals surface area contributed by atoms with Gasteiger partial charge in [-0.1, -0.05) is 52.6 Å². The summed E-state index contributed by atoms with van der Waals surface area (Å²) in [6.45, 7) is 5.92. The van der Waals surface area contributed by atoms with Gasteiger partial charge in [0.15, 0.2) is 17.1 Å². The van der Waals surface area contributed by atoms with Crippen LogP contribution >= 0.6 is 46.6 Å². The van der Waals surface area contributed by atoms with E-state index >= 15 is 0 Å². The second kappa shape index (κ2) is 11.6. The van der Waals surface area contributed by atoms with Crippen LogP contribution in [0.25, 0.3) is 0 Å². The van der Waals surface area contributed by atoms with Crippen molar-refractivity contribution in [1.82, 2.24) is 14.8 Å². The van der Waals surface area contributed by atoms with Crippen LogP contribution in [0.2, 0.25) is 15.1 Å². The third kappa shape index (κ3) is 6.41. The number of nitro groups is 1. The van der Waals surface area contributed by atoms with Gasteiger partial charge in [0.25, 0.3) is 5.69 Å². The number of rotatable bonds is 10. The Kier molecular flexibility index (Phi) is 8.78. The fourth-order valence-electron chi connectivity index (χ4n) is 2.86. The van der Waals surface area contributed by atoms with Crippen LogP contribution < -0.4 is 10.1 Å². The minimum atomic E-state index is -0.570. The number of hydrogen-bond donors (Lipinski definition) is 1. The number of benzene rings is 2. The van der Waals surface area contributed by atoms with Crippen LogP contribution in [0.1, 0.15) is 18.9 Å². The first-order chi connectivity index (χ1) is 16.2. The van der Waals surface area contributed by atoms with Gasteiger partial charge in [-0.15, -0.1) is 16.8 Å². The maximum atomic E-state index is 12.4. The smallest absolute Gasteiger partial charge is 0.271 e. The standard InChI is InChI=1S/C21H18Cl3N5O4S/c1-3-8-28-20(12(2)33-18-9-13(22)4-6-16(18)24)26-27-21(28)34-11-19(30)25-17-10-14(29(31)32)5-7-15(17)23/h3-7,9-10,12H,1,8,11H2,2H3,(H,25,30). The Morgan fingerprint density at radius 2 is 2.00 bits per heavy atom. The SMILES string of the molecule is C=CCn1c(SCC(=O)Nc2cc([N+](=O)[O-])ccc2Cl)nnc1C(C)Oc1cc(Cl)ccc1Cl. The van der Waals surface area contributed by atoms with Crippen molar-refractivity contribution in [3.63, 3.8) is 0 Å². The fourth-order valence-corrected chi connectivity index (χ4v) is 4.10. The van der Waals surface area contributed by atoms with Gasteiger partial charge in [-0.3, -0.25) is 19.5 Å². The molecule has 0 saturated heterocycles. The summed E-state index contributed by atoms with van der Waals surface area (Å²) in [7, 11) is 0. The van der Waals surface area contributed by atoms with E-state index in [0.29, 0.717) is 33.3 Å². The average molecular weight is 543 g/mol. The zero-order valence-electron chi connectivity index (χ0n) is 17.7. The van der Waals surface area contributed by atoms with Crippen LogP contribution in [0.15, 0.2) is 54.2 Å². The molecule has 1 heterocycles. The predicted molar refractivity (Wildman–Crippen MR) is 133 cm³/mol. The first-order valence-corrected chi connectivity index (χ1v) is 11.8. The Morgan fingerprint density at radius 3 is 2.71 bits per heavy atom. The molecule has 1 N–H and O–H groups in total. The summed E-state index contributed by atoms with van der Waals surface area (Å²) in [6.07, 6.45) is 1.13. The molecule has 3 rings (SSSR count). The van der Waals surface area contributed by atoms with Crippen molar-refractivity contribution >= 4 is 63.8 Å². The minimum Gasteiger partial charge on any atom is -0.481 e. The molecule has 13 heteroatoms. The lowest BCUT2D eigenvalue weighted by atomic mass is 10.3. The van der Waals surface area contributed by atoms with Gasteiger partial charge in [-0.05, 0) is 25.1 Å². The Labute approximate surface area is 214 Å². The van der Waals surface area contributed by atoms with Gasteiger partial charge in [0.05, 0.1) is 26.4 Å². The molecule has 0 aliphatic heterocycles. The van der Waals surface area contributed by atoms with E-state index < -0.39 is 16.9 Å². The molecule has 1 unspecified atom stereocenters. The summed E-state index contributed by atoms with van der Waals surface area (Å²) >= 11 is 19.4. The molecule has 0 spiro atoms. The van der Waals surface area contributed by atoms with Crippen LogP contribution in [0.3, 0.4) is 0 Å². The Bertz CT molecular complexity index is 1240. The maximum Gasteiger partial charge on any atom is 0.271 e. The number of halogens is 3. The van der Waals surface area contributed by atoms with Crippen molar-refractivity contribution in [2.75, 3.05) is 11.1 Å². The molecule has 0 radical (unpaired) electrons. The van der Waals surface area contributed by atoms with Gasteiger partial charge in [0, 0.05) is 29.8 Å². The van der Waals surface area contributed by atoms with Gasteiger partial charge in [0.2, 0.25) is 5.91 Å². The molecule has 0 fully saturated rings. The van der Waals surface area contributed by atoms with Gasteiger partial charge in [-0.25, -0.2) is 0 Å². The lowest BCUT2D eigenvalue weighted by molar-refractivity contribution is -0.384. The van der Waals surface area contributed by atoms with Crippen molar-refractivity contribution in [1.29, 1.82) is 0 Å². The third-order valence-corrected chi connectivity index (χ3v) is 6.23. The minimum absolute atomic E-state index is 0.0380. The quantitative estimate of drug-likeness (QED) is 0.140. The molecule has 2 aromatic carbocycles. The highest BCUT2D eigenvalue weighted by Crippen LogP contribution is 2.32. The summed E-state index contributed by atoms with van der Waals surface area (Å²) < 4.78 is 7.69. The van der Waals surface area contributed by atoms with Crippen LogP contribution in [0.4, 0.5) is 11.4 Å². The molecule has 178 valence electrons. The number of ether oxygens (including phenoxy) is 1. The molecule has 0 saturated carbocycles. The van der Waals surface area contributed by atoms with E-state index in [2.05, 4.69) is 22.1 Å². The highest BCUT2D eigenvalue weighted by molar-refractivity contribution is 7.99. The number of carbonyl (C=O) groups excluding carboxylic acids is 1. The lowest BCUT2D eigenvalue weighted by Gasteiger charge is -2.16. The van der Waals surface area contributed by atoms with E-state index in [1.54, 1.807) is 35.8 Å². The van der Waals surface area contributed by atoms with Crippen molar-refractivity contribution < 1.29 is 14.5 Å². The number of nitro benzene ring substituents is 1. The van der Waals surface area contributed by atoms with Crippen LogP contribution in [-0.4, -0.2) is 31.3 Å². The first kappa shape index (κ1) is 25.8. The van der Waals surface area contributed by atoms with E-state index in [0.717, 1.165) is 11.8 Å². The third-order valence-electron chi connectivity index (χ3n) is 4.38. The number of allylic oxidation sites excluding steroid dienone is 1. The van der Waals surface area contributed by atoms with Crippen LogP contribution in [0, 0.1) is 10.1 Å². The summed E-state index contributed by atoms with van der Waals surface area (Å²) in [4.78, 5) is 22.8. The van der Waals surface area contributed by atoms with Gasteiger partial charge in [0.1, 0.15) is 5.75 Å². The fraction of sp³-hybridized carbons (Fsp3) is 0.190. The number of aromatic nitrogens is 3. The number of anilines is 1. The molecular weight excluding hydrogens is 525 g/mol. The van der Waals surface area contributed by atoms with Crippen molar-refractivity contribution in [2.45, 2.75) is 24.7 Å². The number of carbonyl (C=O) groups is 1. The normalized spacial score (nSPS) is 11.6. The molecular formula is C21H18Cl3N5O4S. The zero-order valence-corrected chi connectivity index (χ0v) is 20.8. The molecule has 0 bridgehead atoms. The zero-order chi connectivity index (χ0) is 24.8. The number of nitrogens with one attached hydrogen (secondary N) is 1. The summed E-state index contributed by atoms with van der Waals surface area (Å²) in [5, 5.41) is 23.4. The van der Waals surface area contributed by atoms with Crippen LogP contribution in [-0.2, 0) is 11.3 Å². The average Bonchev–Trinajstić information content (AvgIpc) is 3.19. The second-order valence-corrected chi connectivity index (χ2v) is 9.03. The van der Waals surface area contributed by atoms with Crippen molar-refractivity contribution in [3.8, 4) is 5.75 Å². The largest absolute Gasteiger partial charge is 0.481 e. The highest BCUT2D eigenvalue weighted by Gasteiger charge is 2.21. The number of thioether (sulfide) groups is 1. The Balaban J connectivity index is 1.71. The predicted octanol–water partition coefficient (Wildman–Crippen LogP) is 6.20. The monoisotopic (exact) mass is 541 g/mol. The second-order valence-electron chi connectivity index (χ2n) is 6.83. The molecule has 3 aromatic rings. The molecule has 1 aromatic heterocycles. The number of nitrogens with zero attached hydrogens (tertiary/aromatic N) is 4. The summed E-state index contributed by atoms with van der Waals surface area (Å²) in [5.74, 6) is 0.443. The van der Waals surface area contributed by atoms with E-state index in [4.69, 9.17) is 39.5 Å². The van der Waals surface area contributed by atoms with E-state index in [1.807, 2.05) is 0 Å². The summed E-state index contributed by atoms with van der Waals surface area (Å²) in [6, 6.07) is 8.70. The van der Waals surface area contributed by atoms with Gasteiger partial charge in [-0.2, -0.15) is 0 Å². The molecule has 9 nitrogen and oxygen atoms in total. The van der Waals surface area contributed by atoms with Gasteiger partial charge >= 0.3 is 0 Å². The molecule has 1 atom stereocenters. The van der Waals surface area contributed by atoms with Crippen LogP contribution in [0.5, 0.6) is 5.75 Å². The summed E-state index contributed by atoms with van der Waals surface area (Å²) in [5.41, 5.74) is -0.0355. The van der Waals surface area contributed by atoms with E-state index in [1.165, 1.54) is 18.2 Å². The van der Waals surface area contributed by atoms with Gasteiger partial charge < -0.3 is 10.1 Å². The molecule has 1 amide bonds. The molecule has 0 aliphatic rings. The number of hydrogen-bond acceptors (Lipinski definition) is 7. The molecule has 34 heavy (non-hydrogen) atoms. The first-order valence-electron chi connectivity index (χ1n) is 9.72. The van der Waals surface area contributed by atoms with Crippen molar-refractivity contribution in [3.05, 3.63) is 80.1 Å². The Hall–Kier alpha value is -2.79. The maximum absolute atomic E-state index is 12.4. The lowest BCUT2D eigenvalue weighted by Crippen LogP contribution is -2.16. The number of amides is 1. The van der Waals surface area contributed by atoms with E-state index in [9.17, 15) is 14.9 Å². The van der Waals surface area contributed by atoms with Crippen molar-refractivity contribution in [2.24, 2.45) is 0 Å². The Morgan fingerprint density at radius 1 is 1.26 bits per heavy atom. The van der Waals surface area contributed by atoms with E-state index in [-0.39, 0.29) is 22.2 Å². The molecule has 0 aliphatic carbocycles. The topological polar surface area (TPSA) is 112 Å².